The van der Waals surface area contributed by atoms with Crippen molar-refractivity contribution in [2.75, 3.05) is 0 Å². The third-order valence-corrected chi connectivity index (χ3v) is 2.84. The molecule has 1 heterocycles. The molecule has 3 N–H and O–H groups in total. The molecule has 0 saturated heterocycles. The zero-order valence-corrected chi connectivity index (χ0v) is 11.6. The molecule has 0 spiro atoms. The molecule has 0 saturated carbocycles. The Morgan fingerprint density at radius 1 is 1.63 bits per heavy atom. The van der Waals surface area contributed by atoms with Gasteiger partial charge in [0.2, 0.25) is 11.8 Å². The molecule has 1 amide bonds. The normalized spacial score (nSPS) is 10.8. The van der Waals surface area contributed by atoms with Gasteiger partial charge in [-0.2, -0.15) is 5.10 Å². The average molecular weight is 284 g/mol. The molecule has 1 aromatic heterocycles. The Hall–Kier alpha value is -1.96. The fourth-order valence-corrected chi connectivity index (χ4v) is 1.48. The van der Waals surface area contributed by atoms with Gasteiger partial charge in [-0.1, -0.05) is 13.3 Å². The summed E-state index contributed by atoms with van der Waals surface area (Å²) in [4.78, 5) is 25.2. The smallest absolute Gasteiger partial charge is 0.264 e. The predicted molar refractivity (Wildman–Crippen MR) is 73.8 cm³/mol. The summed E-state index contributed by atoms with van der Waals surface area (Å²) in [5.74, 6) is -0.543. The van der Waals surface area contributed by atoms with E-state index < -0.39 is 5.56 Å². The number of aromatic amines is 1. The number of hydrogen-bond acceptors (Lipinski definition) is 5. The lowest BCUT2D eigenvalue weighted by atomic mass is 10.2. The number of unbranched alkanes of at least 4 members (excludes halogenated alkanes) is 1. The maximum atomic E-state index is 11.6. The van der Waals surface area contributed by atoms with Gasteiger partial charge in [-0.15, -0.1) is 0 Å². The minimum Gasteiger partial charge on any atom is -0.494 e. The number of H-pyrrole nitrogens is 1. The lowest BCUT2D eigenvalue weighted by Gasteiger charge is -2.04. The van der Waals surface area contributed by atoms with Crippen LogP contribution in [0.15, 0.2) is 9.90 Å². The van der Waals surface area contributed by atoms with Crippen LogP contribution in [0, 0.1) is 4.77 Å². The zero-order valence-electron chi connectivity index (χ0n) is 10.8. The van der Waals surface area contributed by atoms with Crippen LogP contribution in [0.25, 0.3) is 0 Å². The zero-order chi connectivity index (χ0) is 14.4. The highest BCUT2D eigenvalue weighted by molar-refractivity contribution is 7.71. The maximum Gasteiger partial charge on any atom is 0.264 e. The highest BCUT2D eigenvalue weighted by Crippen LogP contribution is 2.08. The first-order chi connectivity index (χ1) is 8.97. The number of hydrogen-bond donors (Lipinski definition) is 3. The Bertz CT molecular complexity index is 603. The molecule has 0 radical (unpaired) electrons. The second-order valence-electron chi connectivity index (χ2n) is 3.95. The number of aromatic nitrogens is 2. The molecule has 0 aliphatic carbocycles. The first-order valence-electron chi connectivity index (χ1n) is 5.81. The summed E-state index contributed by atoms with van der Waals surface area (Å²) < 4.78 is 1.34. The largest absolute Gasteiger partial charge is 0.494 e. The molecule has 7 nitrogen and oxygen atoms in total. The molecule has 0 atom stereocenters. The Morgan fingerprint density at radius 3 is 2.95 bits per heavy atom. The van der Waals surface area contributed by atoms with Crippen molar-refractivity contribution in [3.8, 4) is 5.88 Å². The number of hydrazone groups is 1. The standard InChI is InChI=1S/C11H16N4O3S/c1-3-4-5-8(16)14-12-6-7-9(17)13-11(19)15(2)10(7)18/h6,18H,3-5H2,1-2H3,(H,14,16)(H,13,17,19). The third kappa shape index (κ3) is 4.02. The fourth-order valence-electron chi connectivity index (χ4n) is 1.31. The number of amides is 1. The molecule has 19 heavy (non-hydrogen) atoms. The minimum atomic E-state index is -0.563. The molecule has 1 aromatic rings. The van der Waals surface area contributed by atoms with E-state index in [1.807, 2.05) is 6.92 Å². The summed E-state index contributed by atoms with van der Waals surface area (Å²) >= 11 is 4.82. The summed E-state index contributed by atoms with van der Waals surface area (Å²) in [6.45, 7) is 1.98. The second kappa shape index (κ2) is 6.83. The van der Waals surface area contributed by atoms with Crippen molar-refractivity contribution in [3.05, 3.63) is 20.7 Å². The van der Waals surface area contributed by atoms with Crippen molar-refractivity contribution in [2.45, 2.75) is 26.2 Å². The Labute approximate surface area is 115 Å². The average Bonchev–Trinajstić information content (AvgIpc) is 2.37. The molecule has 8 heteroatoms. The monoisotopic (exact) mass is 284 g/mol. The van der Waals surface area contributed by atoms with Crippen molar-refractivity contribution < 1.29 is 9.90 Å². The predicted octanol–water partition coefficient (Wildman–Crippen LogP) is 0.789. The number of nitrogens with zero attached hydrogens (tertiary/aromatic N) is 2. The second-order valence-corrected chi connectivity index (χ2v) is 4.34. The van der Waals surface area contributed by atoms with Crippen molar-refractivity contribution in [3.63, 3.8) is 0 Å². The molecule has 1 rings (SSSR count). The van der Waals surface area contributed by atoms with E-state index in [1.54, 1.807) is 0 Å². The van der Waals surface area contributed by atoms with E-state index in [9.17, 15) is 14.7 Å². The number of aromatic hydroxyl groups is 1. The summed E-state index contributed by atoms with van der Waals surface area (Å²) in [5.41, 5.74) is 1.66. The van der Waals surface area contributed by atoms with E-state index in [-0.39, 0.29) is 22.1 Å². The lowest BCUT2D eigenvalue weighted by molar-refractivity contribution is -0.121. The molecular formula is C11H16N4O3S. The molecule has 0 aliphatic heterocycles. The molecule has 0 aromatic carbocycles. The van der Waals surface area contributed by atoms with Gasteiger partial charge in [-0.25, -0.2) is 5.43 Å². The Balaban J connectivity index is 2.84. The van der Waals surface area contributed by atoms with Gasteiger partial charge >= 0.3 is 0 Å². The van der Waals surface area contributed by atoms with E-state index in [0.29, 0.717) is 6.42 Å². The minimum absolute atomic E-state index is 0.0631. The van der Waals surface area contributed by atoms with Crippen LogP contribution >= 0.6 is 12.2 Å². The van der Waals surface area contributed by atoms with Crippen molar-refractivity contribution in [2.24, 2.45) is 12.1 Å². The van der Waals surface area contributed by atoms with Gasteiger partial charge in [0.05, 0.1) is 6.21 Å². The first-order valence-corrected chi connectivity index (χ1v) is 6.22. The summed E-state index contributed by atoms with van der Waals surface area (Å²) in [6.07, 6.45) is 3.14. The highest BCUT2D eigenvalue weighted by Gasteiger charge is 2.08. The molecule has 104 valence electrons. The van der Waals surface area contributed by atoms with Crippen molar-refractivity contribution in [1.29, 1.82) is 0 Å². The van der Waals surface area contributed by atoms with Crippen molar-refractivity contribution in [1.82, 2.24) is 15.0 Å². The van der Waals surface area contributed by atoms with Crippen LogP contribution in [0.5, 0.6) is 5.88 Å². The molecule has 0 bridgehead atoms. The number of rotatable bonds is 5. The van der Waals surface area contributed by atoms with Gasteiger partial charge in [0.25, 0.3) is 5.56 Å². The Morgan fingerprint density at radius 2 is 2.32 bits per heavy atom. The lowest BCUT2D eigenvalue weighted by Crippen LogP contribution is -2.20. The van der Waals surface area contributed by atoms with E-state index in [2.05, 4.69) is 15.5 Å². The quantitative estimate of drug-likeness (QED) is 0.423. The summed E-state index contributed by atoms with van der Waals surface area (Å²) in [7, 11) is 1.50. The molecule has 0 unspecified atom stereocenters. The topological polar surface area (TPSA) is 99.5 Å². The van der Waals surface area contributed by atoms with Gasteiger partial charge in [-0.05, 0) is 18.6 Å². The number of nitrogens with one attached hydrogen (secondary N) is 2. The number of carbonyl (C=O) groups excluding carboxylic acids is 1. The third-order valence-electron chi connectivity index (χ3n) is 2.47. The fraction of sp³-hybridized carbons (Fsp3) is 0.455. The number of carbonyl (C=O) groups is 1. The Kier molecular flexibility index (Phi) is 5.43. The summed E-state index contributed by atoms with van der Waals surface area (Å²) in [6, 6.07) is 0. The van der Waals surface area contributed by atoms with E-state index in [1.165, 1.54) is 11.6 Å². The van der Waals surface area contributed by atoms with Gasteiger partial charge in [0.15, 0.2) is 4.77 Å². The van der Waals surface area contributed by atoms with Crippen LogP contribution in [0.3, 0.4) is 0 Å². The van der Waals surface area contributed by atoms with Crippen LogP contribution in [0.4, 0.5) is 0 Å². The summed E-state index contributed by atoms with van der Waals surface area (Å²) in [5, 5.41) is 13.4. The highest BCUT2D eigenvalue weighted by atomic mass is 32.1. The van der Waals surface area contributed by atoms with Crippen LogP contribution < -0.4 is 11.0 Å². The van der Waals surface area contributed by atoms with Crippen LogP contribution in [0.2, 0.25) is 0 Å². The molecular weight excluding hydrogens is 268 g/mol. The van der Waals surface area contributed by atoms with E-state index in [0.717, 1.165) is 19.1 Å². The SMILES string of the molecule is CCCCC(=O)NN=Cc1c(O)n(C)c(=S)[nH]c1=O. The van der Waals surface area contributed by atoms with Gasteiger partial charge < -0.3 is 5.11 Å². The van der Waals surface area contributed by atoms with Gasteiger partial charge in [-0.3, -0.25) is 19.1 Å². The van der Waals surface area contributed by atoms with Crippen LogP contribution in [-0.4, -0.2) is 26.8 Å². The van der Waals surface area contributed by atoms with Crippen LogP contribution in [-0.2, 0) is 11.8 Å². The van der Waals surface area contributed by atoms with E-state index in [4.69, 9.17) is 12.2 Å². The van der Waals surface area contributed by atoms with Crippen LogP contribution in [0.1, 0.15) is 31.7 Å². The van der Waals surface area contributed by atoms with E-state index >= 15 is 0 Å². The maximum absolute atomic E-state index is 11.6. The first kappa shape index (κ1) is 15.1. The molecule has 0 aliphatic rings. The van der Waals surface area contributed by atoms with Crippen molar-refractivity contribution >= 4 is 24.3 Å². The van der Waals surface area contributed by atoms with Gasteiger partial charge in [0.1, 0.15) is 5.56 Å². The molecule has 0 fully saturated rings. The van der Waals surface area contributed by atoms with Gasteiger partial charge in [0, 0.05) is 13.5 Å².